The van der Waals surface area contributed by atoms with Gasteiger partial charge >= 0.3 is 0 Å². The molecule has 2 heteroatoms. The van der Waals surface area contributed by atoms with Crippen molar-refractivity contribution in [3.05, 3.63) is 58.4 Å². The van der Waals surface area contributed by atoms with E-state index in [1.165, 1.54) is 27.8 Å². The van der Waals surface area contributed by atoms with E-state index in [1.807, 2.05) is 12.4 Å². The van der Waals surface area contributed by atoms with Gasteiger partial charge in [-0.3, -0.25) is 0 Å². The van der Waals surface area contributed by atoms with Crippen molar-refractivity contribution in [2.75, 3.05) is 6.54 Å². The maximum absolute atomic E-state index is 5.94. The molecule has 3 N–H and O–H groups in total. The highest BCUT2D eigenvalue weighted by Crippen LogP contribution is 2.28. The predicted molar refractivity (Wildman–Crippen MR) is 72.3 cm³/mol. The molecule has 0 bridgehead atoms. The van der Waals surface area contributed by atoms with E-state index in [0.717, 1.165) is 0 Å². The Balaban J connectivity index is 2.49. The first kappa shape index (κ1) is 11.9. The molecule has 0 aliphatic rings. The van der Waals surface area contributed by atoms with Gasteiger partial charge in [0.15, 0.2) is 0 Å². The minimum Gasteiger partial charge on any atom is -0.367 e. The number of hydrogen-bond donors (Lipinski definition) is 2. The number of nitrogens with two attached hydrogens (primary N) is 1. The lowest BCUT2D eigenvalue weighted by Gasteiger charge is -2.19. The van der Waals surface area contributed by atoms with Crippen LogP contribution in [0, 0.1) is 20.8 Å². The number of nitrogens with one attached hydrogen (secondary N) is 1. The normalized spacial score (nSPS) is 12.7. The molecule has 2 rings (SSSR count). The Hall–Kier alpha value is -1.54. The van der Waals surface area contributed by atoms with Gasteiger partial charge in [-0.2, -0.15) is 0 Å². The van der Waals surface area contributed by atoms with Crippen LogP contribution < -0.4 is 5.73 Å². The summed E-state index contributed by atoms with van der Waals surface area (Å²) >= 11 is 0. The Bertz CT molecular complexity index is 498. The van der Waals surface area contributed by atoms with Crippen molar-refractivity contribution in [2.24, 2.45) is 5.73 Å². The molecule has 0 amide bonds. The predicted octanol–water partition coefficient (Wildman–Crippen LogP) is 3.03. The van der Waals surface area contributed by atoms with Crippen molar-refractivity contribution in [1.29, 1.82) is 0 Å². The second-order valence-electron chi connectivity index (χ2n) is 4.65. The van der Waals surface area contributed by atoms with Gasteiger partial charge in [-0.15, -0.1) is 0 Å². The molecule has 90 valence electrons. The zero-order valence-electron chi connectivity index (χ0n) is 10.7. The quantitative estimate of drug-likeness (QED) is 0.833. The molecular formula is C15H20N2. The summed E-state index contributed by atoms with van der Waals surface area (Å²) in [6.07, 6.45) is 3.99. The van der Waals surface area contributed by atoms with Gasteiger partial charge in [0.05, 0.1) is 0 Å². The van der Waals surface area contributed by atoms with Crippen molar-refractivity contribution >= 4 is 0 Å². The summed E-state index contributed by atoms with van der Waals surface area (Å²) in [7, 11) is 0. The highest BCUT2D eigenvalue weighted by atomic mass is 14.6. The third kappa shape index (κ3) is 2.13. The SMILES string of the molecule is Cc1ccc(C(CN)c2cc[nH]c2)c(C)c1C. The Morgan fingerprint density at radius 2 is 1.88 bits per heavy atom. The smallest absolute Gasteiger partial charge is 0.0230 e. The lowest BCUT2D eigenvalue weighted by molar-refractivity contribution is 0.810. The van der Waals surface area contributed by atoms with Gasteiger partial charge in [0.1, 0.15) is 0 Å². The van der Waals surface area contributed by atoms with Gasteiger partial charge in [0.25, 0.3) is 0 Å². The first-order valence-electron chi connectivity index (χ1n) is 6.04. The van der Waals surface area contributed by atoms with Crippen LogP contribution >= 0.6 is 0 Å². The van der Waals surface area contributed by atoms with E-state index in [-0.39, 0.29) is 0 Å². The van der Waals surface area contributed by atoms with Crippen molar-refractivity contribution < 1.29 is 0 Å². The van der Waals surface area contributed by atoms with Crippen LogP contribution in [-0.2, 0) is 0 Å². The van der Waals surface area contributed by atoms with Crippen molar-refractivity contribution in [3.8, 4) is 0 Å². The van der Waals surface area contributed by atoms with E-state index in [2.05, 4.69) is 44.0 Å². The largest absolute Gasteiger partial charge is 0.367 e. The van der Waals surface area contributed by atoms with Gasteiger partial charge in [0.2, 0.25) is 0 Å². The van der Waals surface area contributed by atoms with Crippen LogP contribution in [0.3, 0.4) is 0 Å². The Labute approximate surface area is 103 Å². The van der Waals surface area contributed by atoms with Gasteiger partial charge in [0, 0.05) is 24.9 Å². The highest BCUT2D eigenvalue weighted by molar-refractivity contribution is 5.44. The molecule has 0 saturated carbocycles. The van der Waals surface area contributed by atoms with Gasteiger partial charge in [-0.1, -0.05) is 12.1 Å². The minimum atomic E-state index is 0.292. The number of aromatic amines is 1. The van der Waals surface area contributed by atoms with Crippen molar-refractivity contribution in [1.82, 2.24) is 4.98 Å². The fourth-order valence-corrected chi connectivity index (χ4v) is 2.35. The summed E-state index contributed by atoms with van der Waals surface area (Å²) < 4.78 is 0. The fraction of sp³-hybridized carbons (Fsp3) is 0.333. The average molecular weight is 228 g/mol. The zero-order valence-corrected chi connectivity index (χ0v) is 10.7. The number of aromatic nitrogens is 1. The summed E-state index contributed by atoms with van der Waals surface area (Å²) in [6.45, 7) is 7.16. The van der Waals surface area contributed by atoms with Crippen LogP contribution in [0.25, 0.3) is 0 Å². The molecule has 17 heavy (non-hydrogen) atoms. The first-order valence-corrected chi connectivity index (χ1v) is 6.04. The molecular weight excluding hydrogens is 208 g/mol. The van der Waals surface area contributed by atoms with Crippen LogP contribution in [-0.4, -0.2) is 11.5 Å². The maximum atomic E-state index is 5.94. The Morgan fingerprint density at radius 1 is 1.12 bits per heavy atom. The van der Waals surface area contributed by atoms with Gasteiger partial charge in [-0.05, 0) is 54.7 Å². The van der Waals surface area contributed by atoms with Crippen LogP contribution in [0.15, 0.2) is 30.6 Å². The average Bonchev–Trinajstić information content (AvgIpc) is 2.84. The summed E-state index contributed by atoms with van der Waals surface area (Å²) in [5.74, 6) is 0.292. The summed E-state index contributed by atoms with van der Waals surface area (Å²) in [5.41, 5.74) is 12.6. The van der Waals surface area contributed by atoms with Gasteiger partial charge < -0.3 is 10.7 Å². The Kier molecular flexibility index (Phi) is 3.34. The molecule has 1 atom stereocenters. The second-order valence-corrected chi connectivity index (χ2v) is 4.65. The lowest BCUT2D eigenvalue weighted by Crippen LogP contribution is -2.15. The van der Waals surface area contributed by atoms with Crippen LogP contribution in [0.1, 0.15) is 33.7 Å². The first-order chi connectivity index (χ1) is 8.15. The molecule has 1 unspecified atom stereocenters. The third-order valence-electron chi connectivity index (χ3n) is 3.74. The van der Waals surface area contributed by atoms with Crippen LogP contribution in [0.4, 0.5) is 0 Å². The molecule has 1 aromatic carbocycles. The molecule has 0 saturated heterocycles. The Morgan fingerprint density at radius 3 is 2.47 bits per heavy atom. The number of H-pyrrole nitrogens is 1. The number of benzene rings is 1. The van der Waals surface area contributed by atoms with E-state index >= 15 is 0 Å². The molecule has 0 radical (unpaired) electrons. The van der Waals surface area contributed by atoms with Crippen LogP contribution in [0.5, 0.6) is 0 Å². The lowest BCUT2D eigenvalue weighted by atomic mass is 9.87. The second kappa shape index (κ2) is 4.76. The van der Waals surface area contributed by atoms with E-state index in [9.17, 15) is 0 Å². The van der Waals surface area contributed by atoms with E-state index in [1.54, 1.807) is 0 Å². The van der Waals surface area contributed by atoms with E-state index in [4.69, 9.17) is 5.73 Å². The fourth-order valence-electron chi connectivity index (χ4n) is 2.35. The van der Waals surface area contributed by atoms with Gasteiger partial charge in [-0.25, -0.2) is 0 Å². The van der Waals surface area contributed by atoms with Crippen molar-refractivity contribution in [3.63, 3.8) is 0 Å². The maximum Gasteiger partial charge on any atom is 0.0230 e. The van der Waals surface area contributed by atoms with Crippen molar-refractivity contribution in [2.45, 2.75) is 26.7 Å². The molecule has 0 fully saturated rings. The molecule has 0 aliphatic heterocycles. The van der Waals surface area contributed by atoms with Crippen LogP contribution in [0.2, 0.25) is 0 Å². The molecule has 2 nitrogen and oxygen atoms in total. The molecule has 1 aromatic heterocycles. The molecule has 2 aromatic rings. The zero-order chi connectivity index (χ0) is 12.4. The molecule has 0 spiro atoms. The number of rotatable bonds is 3. The minimum absolute atomic E-state index is 0.292. The summed E-state index contributed by atoms with van der Waals surface area (Å²) in [6, 6.07) is 6.50. The standard InChI is InChI=1S/C15H20N2/c1-10-4-5-14(12(3)11(10)2)15(8-16)13-6-7-17-9-13/h4-7,9,15,17H,8,16H2,1-3H3. The third-order valence-corrected chi connectivity index (χ3v) is 3.74. The van der Waals surface area contributed by atoms with E-state index < -0.39 is 0 Å². The monoisotopic (exact) mass is 228 g/mol. The summed E-state index contributed by atoms with van der Waals surface area (Å²) in [4.78, 5) is 3.10. The number of aryl methyl sites for hydroxylation is 1. The van der Waals surface area contributed by atoms with E-state index in [0.29, 0.717) is 12.5 Å². The molecule has 1 heterocycles. The summed E-state index contributed by atoms with van der Waals surface area (Å²) in [5, 5.41) is 0. The number of hydrogen-bond acceptors (Lipinski definition) is 1. The topological polar surface area (TPSA) is 41.8 Å². The highest BCUT2D eigenvalue weighted by Gasteiger charge is 2.16. The molecule has 0 aliphatic carbocycles.